The number of benzene rings is 2. The summed E-state index contributed by atoms with van der Waals surface area (Å²) in [6, 6.07) is 16.3. The Labute approximate surface area is 178 Å². The minimum Gasteiger partial charge on any atom is -0.452 e. The van der Waals surface area contributed by atoms with Gasteiger partial charge in [0.05, 0.1) is 17.9 Å². The van der Waals surface area contributed by atoms with Gasteiger partial charge < -0.3 is 19.2 Å². The van der Waals surface area contributed by atoms with Crippen molar-refractivity contribution < 1.29 is 23.5 Å². The number of amides is 1. The summed E-state index contributed by atoms with van der Waals surface area (Å²) in [4.78, 5) is 25.1. The van der Waals surface area contributed by atoms with Gasteiger partial charge in [0.1, 0.15) is 0 Å². The number of hydrogen-bond acceptors (Lipinski definition) is 8. The average molecular weight is 427 g/mol. The lowest BCUT2D eigenvalue weighted by atomic mass is 10.2. The van der Waals surface area contributed by atoms with Crippen molar-refractivity contribution in [2.75, 3.05) is 26.0 Å². The second-order valence-corrected chi connectivity index (χ2v) is 7.09. The predicted molar refractivity (Wildman–Crippen MR) is 111 cm³/mol. The Bertz CT molecular complexity index is 978. The average Bonchev–Trinajstić information content (AvgIpc) is 3.26. The van der Waals surface area contributed by atoms with Crippen molar-refractivity contribution in [3.8, 4) is 11.5 Å². The van der Waals surface area contributed by atoms with Crippen molar-refractivity contribution in [2.24, 2.45) is 0 Å². The van der Waals surface area contributed by atoms with Gasteiger partial charge in [-0.25, -0.2) is 4.79 Å². The van der Waals surface area contributed by atoms with E-state index in [2.05, 4.69) is 15.5 Å². The van der Waals surface area contributed by atoms with Crippen LogP contribution in [0.5, 0.6) is 0 Å². The van der Waals surface area contributed by atoms with E-state index in [-0.39, 0.29) is 24.2 Å². The maximum absolute atomic E-state index is 12.5. The molecule has 0 bridgehead atoms. The molecule has 1 aromatic heterocycles. The van der Waals surface area contributed by atoms with Crippen LogP contribution in [-0.4, -0.2) is 48.1 Å². The van der Waals surface area contributed by atoms with Gasteiger partial charge in [0, 0.05) is 24.1 Å². The molecule has 9 heteroatoms. The van der Waals surface area contributed by atoms with E-state index in [1.807, 2.05) is 30.3 Å². The Balaban J connectivity index is 1.56. The summed E-state index contributed by atoms with van der Waals surface area (Å²) in [7, 11) is 1.57. The van der Waals surface area contributed by atoms with Gasteiger partial charge in [0.2, 0.25) is 11.8 Å². The van der Waals surface area contributed by atoms with Crippen LogP contribution in [0, 0.1) is 0 Å². The molecule has 3 rings (SSSR count). The molecule has 1 N–H and O–H groups in total. The molecular formula is C21H21N3O5S. The van der Waals surface area contributed by atoms with Gasteiger partial charge in [-0.15, -0.1) is 22.0 Å². The molecule has 156 valence electrons. The monoisotopic (exact) mass is 427 g/mol. The van der Waals surface area contributed by atoms with E-state index in [9.17, 15) is 9.59 Å². The third-order valence-electron chi connectivity index (χ3n) is 3.91. The fourth-order valence-corrected chi connectivity index (χ4v) is 3.33. The molecule has 0 atom stereocenters. The molecule has 2 aromatic carbocycles. The Morgan fingerprint density at radius 3 is 2.63 bits per heavy atom. The van der Waals surface area contributed by atoms with Gasteiger partial charge >= 0.3 is 5.97 Å². The standard InChI is InChI=1S/C21H21N3O5S/c1-27-12-11-22-18(25)14-30-17-10-6-5-9-16(17)21(26)28-13-19-23-24-20(29-19)15-7-3-2-4-8-15/h2-10H,11-14H2,1H3,(H,22,25). The molecular weight excluding hydrogens is 406 g/mol. The number of thioether (sulfide) groups is 1. The summed E-state index contributed by atoms with van der Waals surface area (Å²) in [5.41, 5.74) is 1.16. The second-order valence-electron chi connectivity index (χ2n) is 6.07. The van der Waals surface area contributed by atoms with Crippen LogP contribution >= 0.6 is 11.8 Å². The van der Waals surface area contributed by atoms with Crippen LogP contribution in [0.3, 0.4) is 0 Å². The number of carbonyl (C=O) groups is 2. The van der Waals surface area contributed by atoms with Crippen molar-refractivity contribution in [3.05, 3.63) is 66.1 Å². The quantitative estimate of drug-likeness (QED) is 0.299. The third kappa shape index (κ3) is 6.16. The van der Waals surface area contributed by atoms with Gasteiger partial charge in [0.15, 0.2) is 6.61 Å². The molecule has 0 aliphatic rings. The minimum absolute atomic E-state index is 0.139. The van der Waals surface area contributed by atoms with Crippen LogP contribution in [0.15, 0.2) is 63.9 Å². The highest BCUT2D eigenvalue weighted by molar-refractivity contribution is 8.00. The molecule has 8 nitrogen and oxygen atoms in total. The Kier molecular flexibility index (Phi) is 7.99. The fourth-order valence-electron chi connectivity index (χ4n) is 2.46. The summed E-state index contributed by atoms with van der Waals surface area (Å²) in [6.07, 6.45) is 0. The predicted octanol–water partition coefficient (Wildman–Crippen LogP) is 2.95. The van der Waals surface area contributed by atoms with E-state index < -0.39 is 5.97 Å². The van der Waals surface area contributed by atoms with E-state index in [0.29, 0.717) is 29.5 Å². The Hall–Kier alpha value is -3.17. The highest BCUT2D eigenvalue weighted by Gasteiger charge is 2.16. The first-order chi connectivity index (χ1) is 14.7. The molecule has 1 heterocycles. The summed E-state index contributed by atoms with van der Waals surface area (Å²) >= 11 is 1.26. The maximum atomic E-state index is 12.5. The van der Waals surface area contributed by atoms with Crippen molar-refractivity contribution in [3.63, 3.8) is 0 Å². The van der Waals surface area contributed by atoms with Gasteiger partial charge in [-0.1, -0.05) is 30.3 Å². The summed E-state index contributed by atoms with van der Waals surface area (Å²) in [5, 5.41) is 10.6. The van der Waals surface area contributed by atoms with Crippen LogP contribution in [0.1, 0.15) is 16.2 Å². The molecule has 0 saturated carbocycles. The van der Waals surface area contributed by atoms with Crippen molar-refractivity contribution in [1.29, 1.82) is 0 Å². The van der Waals surface area contributed by atoms with Crippen molar-refractivity contribution in [2.45, 2.75) is 11.5 Å². The smallest absolute Gasteiger partial charge is 0.339 e. The molecule has 0 unspecified atom stereocenters. The van der Waals surface area contributed by atoms with Gasteiger partial charge in [-0.3, -0.25) is 4.79 Å². The number of esters is 1. The normalized spacial score (nSPS) is 10.6. The highest BCUT2D eigenvalue weighted by atomic mass is 32.2. The van der Waals surface area contributed by atoms with Crippen molar-refractivity contribution in [1.82, 2.24) is 15.5 Å². The lowest BCUT2D eigenvalue weighted by molar-refractivity contribution is -0.118. The number of rotatable bonds is 10. The summed E-state index contributed by atoms with van der Waals surface area (Å²) in [6.45, 7) is 0.741. The molecule has 0 aliphatic carbocycles. The van der Waals surface area contributed by atoms with Crippen LogP contribution < -0.4 is 5.32 Å². The van der Waals surface area contributed by atoms with Crippen LogP contribution in [0.25, 0.3) is 11.5 Å². The van der Waals surface area contributed by atoms with Crippen LogP contribution in [0.2, 0.25) is 0 Å². The SMILES string of the molecule is COCCNC(=O)CSc1ccccc1C(=O)OCc1nnc(-c2ccccc2)o1. The van der Waals surface area contributed by atoms with E-state index in [1.54, 1.807) is 31.4 Å². The number of nitrogens with zero attached hydrogens (tertiary/aromatic N) is 2. The van der Waals surface area contributed by atoms with Crippen LogP contribution in [-0.2, 0) is 20.9 Å². The fraction of sp³-hybridized carbons (Fsp3) is 0.238. The molecule has 0 fully saturated rings. The van der Waals surface area contributed by atoms with E-state index in [4.69, 9.17) is 13.9 Å². The number of nitrogens with one attached hydrogen (secondary N) is 1. The van der Waals surface area contributed by atoms with E-state index in [0.717, 1.165) is 5.56 Å². The number of carbonyl (C=O) groups excluding carboxylic acids is 2. The molecule has 30 heavy (non-hydrogen) atoms. The number of ether oxygens (including phenoxy) is 2. The minimum atomic E-state index is -0.530. The van der Waals surface area contributed by atoms with Gasteiger partial charge in [-0.05, 0) is 24.3 Å². The van der Waals surface area contributed by atoms with Crippen LogP contribution in [0.4, 0.5) is 0 Å². The summed E-state index contributed by atoms with van der Waals surface area (Å²) in [5.74, 6) is 0.0665. The summed E-state index contributed by atoms with van der Waals surface area (Å²) < 4.78 is 15.8. The highest BCUT2D eigenvalue weighted by Crippen LogP contribution is 2.24. The topological polar surface area (TPSA) is 104 Å². The molecule has 0 aliphatic heterocycles. The molecule has 1 amide bonds. The number of hydrogen-bond donors (Lipinski definition) is 1. The molecule has 0 spiro atoms. The first-order valence-corrected chi connectivity index (χ1v) is 10.2. The van der Waals surface area contributed by atoms with Gasteiger partial charge in [0.25, 0.3) is 5.89 Å². The molecule has 0 radical (unpaired) electrons. The maximum Gasteiger partial charge on any atom is 0.339 e. The zero-order valence-corrected chi connectivity index (χ0v) is 17.2. The molecule has 3 aromatic rings. The third-order valence-corrected chi connectivity index (χ3v) is 4.98. The first-order valence-electron chi connectivity index (χ1n) is 9.19. The number of methoxy groups -OCH3 is 1. The zero-order chi connectivity index (χ0) is 21.2. The largest absolute Gasteiger partial charge is 0.452 e. The Morgan fingerprint density at radius 2 is 1.83 bits per heavy atom. The zero-order valence-electron chi connectivity index (χ0n) is 16.4. The number of aromatic nitrogens is 2. The second kappa shape index (κ2) is 11.1. The van der Waals surface area contributed by atoms with Crippen molar-refractivity contribution >= 4 is 23.6 Å². The Morgan fingerprint density at radius 1 is 1.07 bits per heavy atom. The lowest BCUT2D eigenvalue weighted by Gasteiger charge is -2.09. The van der Waals surface area contributed by atoms with E-state index in [1.165, 1.54) is 11.8 Å². The molecule has 0 saturated heterocycles. The van der Waals surface area contributed by atoms with Gasteiger partial charge in [-0.2, -0.15) is 0 Å². The van der Waals surface area contributed by atoms with E-state index >= 15 is 0 Å². The first kappa shape index (κ1) is 21.5. The lowest BCUT2D eigenvalue weighted by Crippen LogP contribution is -2.28.